The van der Waals surface area contributed by atoms with Crippen LogP contribution in [0.3, 0.4) is 0 Å². The molecule has 0 aromatic heterocycles. The minimum Gasteiger partial charge on any atom is -0.330 e. The first-order valence-electron chi connectivity index (χ1n) is 5.43. The fourth-order valence-corrected chi connectivity index (χ4v) is 1.68. The minimum atomic E-state index is 0.349. The number of halogens is 1. The van der Waals surface area contributed by atoms with Gasteiger partial charge in [-0.3, -0.25) is 0 Å². The van der Waals surface area contributed by atoms with E-state index in [2.05, 4.69) is 18.3 Å². The number of benzene rings is 1. The van der Waals surface area contributed by atoms with Crippen LogP contribution in [0.5, 0.6) is 0 Å². The highest BCUT2D eigenvalue weighted by Gasteiger charge is 2.03. The quantitative estimate of drug-likeness (QED) is 0.732. The maximum atomic E-state index is 5.93. The van der Waals surface area contributed by atoms with E-state index in [0.29, 0.717) is 6.04 Å². The van der Waals surface area contributed by atoms with Gasteiger partial charge in [-0.05, 0) is 50.6 Å². The van der Waals surface area contributed by atoms with E-state index in [1.807, 2.05) is 18.2 Å². The Morgan fingerprint density at radius 1 is 1.40 bits per heavy atom. The van der Waals surface area contributed by atoms with Gasteiger partial charge in [0.15, 0.2) is 0 Å². The molecule has 0 aliphatic carbocycles. The van der Waals surface area contributed by atoms with Crippen LogP contribution in [0.1, 0.15) is 31.4 Å². The lowest BCUT2D eigenvalue weighted by atomic mass is 10.1. The Balaban J connectivity index is 2.36. The van der Waals surface area contributed by atoms with Crippen molar-refractivity contribution in [3.8, 4) is 0 Å². The van der Waals surface area contributed by atoms with Gasteiger partial charge in [0.25, 0.3) is 0 Å². The first-order valence-corrected chi connectivity index (χ1v) is 5.80. The Kier molecular flexibility index (Phi) is 5.69. The van der Waals surface area contributed by atoms with Crippen molar-refractivity contribution in [1.82, 2.24) is 5.32 Å². The van der Waals surface area contributed by atoms with Gasteiger partial charge in [-0.15, -0.1) is 0 Å². The highest BCUT2D eigenvalue weighted by molar-refractivity contribution is 6.30. The summed E-state index contributed by atoms with van der Waals surface area (Å²) in [5.74, 6) is 0. The molecule has 0 fully saturated rings. The summed E-state index contributed by atoms with van der Waals surface area (Å²) in [5, 5.41) is 4.24. The Morgan fingerprint density at radius 2 is 2.20 bits per heavy atom. The zero-order valence-corrected chi connectivity index (χ0v) is 9.93. The summed E-state index contributed by atoms with van der Waals surface area (Å²) in [6.07, 6.45) is 2.21. The van der Waals surface area contributed by atoms with Crippen molar-refractivity contribution < 1.29 is 0 Å². The van der Waals surface area contributed by atoms with E-state index >= 15 is 0 Å². The Labute approximate surface area is 96.8 Å². The molecule has 0 aliphatic rings. The van der Waals surface area contributed by atoms with E-state index in [1.54, 1.807) is 0 Å². The highest BCUT2D eigenvalue weighted by atomic mass is 35.5. The van der Waals surface area contributed by atoms with Gasteiger partial charge in [0.1, 0.15) is 0 Å². The van der Waals surface area contributed by atoms with Crippen molar-refractivity contribution in [2.45, 2.75) is 25.8 Å². The summed E-state index contributed by atoms with van der Waals surface area (Å²) in [5.41, 5.74) is 6.66. The molecule has 0 spiro atoms. The molecule has 3 N–H and O–H groups in total. The molecule has 0 amide bonds. The lowest BCUT2D eigenvalue weighted by Gasteiger charge is -2.14. The molecule has 0 bridgehead atoms. The summed E-state index contributed by atoms with van der Waals surface area (Å²) in [6.45, 7) is 3.92. The first-order chi connectivity index (χ1) is 7.24. The van der Waals surface area contributed by atoms with Crippen molar-refractivity contribution in [2.24, 2.45) is 5.73 Å². The summed E-state index contributed by atoms with van der Waals surface area (Å²) in [4.78, 5) is 0. The average molecular weight is 227 g/mol. The van der Waals surface area contributed by atoms with Crippen LogP contribution in [0.15, 0.2) is 24.3 Å². The van der Waals surface area contributed by atoms with Crippen LogP contribution in [-0.2, 0) is 0 Å². The number of nitrogens with one attached hydrogen (secondary N) is 1. The van der Waals surface area contributed by atoms with Gasteiger partial charge in [-0.1, -0.05) is 23.7 Å². The third kappa shape index (κ3) is 4.65. The molecule has 1 rings (SSSR count). The fourth-order valence-electron chi connectivity index (χ4n) is 1.48. The number of rotatable bonds is 6. The zero-order chi connectivity index (χ0) is 11.1. The van der Waals surface area contributed by atoms with E-state index in [4.69, 9.17) is 17.3 Å². The smallest absolute Gasteiger partial charge is 0.0409 e. The molecule has 1 aromatic carbocycles. The summed E-state index contributed by atoms with van der Waals surface area (Å²) >= 11 is 5.93. The average Bonchev–Trinajstić information content (AvgIpc) is 2.24. The van der Waals surface area contributed by atoms with Crippen LogP contribution < -0.4 is 11.1 Å². The number of unbranched alkanes of at least 4 members (excludes halogenated alkanes) is 1. The Hall–Kier alpha value is -0.570. The molecular formula is C12H19ClN2. The monoisotopic (exact) mass is 226 g/mol. The van der Waals surface area contributed by atoms with Gasteiger partial charge in [-0.2, -0.15) is 0 Å². The van der Waals surface area contributed by atoms with Crippen LogP contribution in [0.4, 0.5) is 0 Å². The molecular weight excluding hydrogens is 208 g/mol. The van der Waals surface area contributed by atoms with Crippen LogP contribution in [0.25, 0.3) is 0 Å². The molecule has 0 aliphatic heterocycles. The van der Waals surface area contributed by atoms with Crippen molar-refractivity contribution in [2.75, 3.05) is 13.1 Å². The molecule has 15 heavy (non-hydrogen) atoms. The second-order valence-corrected chi connectivity index (χ2v) is 4.16. The van der Waals surface area contributed by atoms with Gasteiger partial charge in [-0.25, -0.2) is 0 Å². The summed E-state index contributed by atoms with van der Waals surface area (Å²) in [6, 6.07) is 8.32. The van der Waals surface area contributed by atoms with E-state index in [1.165, 1.54) is 5.56 Å². The largest absolute Gasteiger partial charge is 0.330 e. The predicted octanol–water partition coefficient (Wildman–Crippen LogP) is 2.73. The second kappa shape index (κ2) is 6.83. The third-order valence-corrected chi connectivity index (χ3v) is 2.67. The standard InChI is InChI=1S/C12H19ClN2/c1-10(15-8-3-2-7-14)11-5-4-6-12(13)9-11/h4-6,9-10,15H,2-3,7-8,14H2,1H3. The molecule has 2 nitrogen and oxygen atoms in total. The molecule has 0 saturated carbocycles. The molecule has 0 heterocycles. The van der Waals surface area contributed by atoms with E-state index in [-0.39, 0.29) is 0 Å². The fraction of sp³-hybridized carbons (Fsp3) is 0.500. The van der Waals surface area contributed by atoms with Crippen LogP contribution in [0, 0.1) is 0 Å². The van der Waals surface area contributed by atoms with Crippen molar-refractivity contribution in [3.63, 3.8) is 0 Å². The van der Waals surface area contributed by atoms with Gasteiger partial charge < -0.3 is 11.1 Å². The summed E-state index contributed by atoms with van der Waals surface area (Å²) < 4.78 is 0. The van der Waals surface area contributed by atoms with Gasteiger partial charge in [0.2, 0.25) is 0 Å². The lowest BCUT2D eigenvalue weighted by Crippen LogP contribution is -2.20. The summed E-state index contributed by atoms with van der Waals surface area (Å²) in [7, 11) is 0. The maximum absolute atomic E-state index is 5.93. The lowest BCUT2D eigenvalue weighted by molar-refractivity contribution is 0.549. The number of hydrogen-bond acceptors (Lipinski definition) is 2. The van der Waals surface area contributed by atoms with E-state index < -0.39 is 0 Å². The van der Waals surface area contributed by atoms with E-state index in [0.717, 1.165) is 31.0 Å². The highest BCUT2D eigenvalue weighted by Crippen LogP contribution is 2.17. The predicted molar refractivity (Wildman–Crippen MR) is 66.2 cm³/mol. The molecule has 1 unspecified atom stereocenters. The number of nitrogens with two attached hydrogens (primary N) is 1. The normalized spacial score (nSPS) is 12.7. The first kappa shape index (κ1) is 12.5. The molecule has 1 atom stereocenters. The van der Waals surface area contributed by atoms with Gasteiger partial charge in [0.05, 0.1) is 0 Å². The Bertz CT molecular complexity index is 289. The van der Waals surface area contributed by atoms with E-state index in [9.17, 15) is 0 Å². The van der Waals surface area contributed by atoms with Gasteiger partial charge >= 0.3 is 0 Å². The molecule has 3 heteroatoms. The van der Waals surface area contributed by atoms with Crippen LogP contribution in [0.2, 0.25) is 5.02 Å². The van der Waals surface area contributed by atoms with Crippen molar-refractivity contribution in [3.05, 3.63) is 34.9 Å². The number of hydrogen-bond donors (Lipinski definition) is 2. The molecule has 84 valence electrons. The topological polar surface area (TPSA) is 38.0 Å². The second-order valence-electron chi connectivity index (χ2n) is 3.73. The SMILES string of the molecule is CC(NCCCCN)c1cccc(Cl)c1. The van der Waals surface area contributed by atoms with Crippen molar-refractivity contribution >= 4 is 11.6 Å². The minimum absolute atomic E-state index is 0.349. The molecule has 1 aromatic rings. The third-order valence-electron chi connectivity index (χ3n) is 2.43. The zero-order valence-electron chi connectivity index (χ0n) is 9.17. The van der Waals surface area contributed by atoms with Crippen molar-refractivity contribution in [1.29, 1.82) is 0 Å². The molecule has 0 radical (unpaired) electrons. The maximum Gasteiger partial charge on any atom is 0.0409 e. The van der Waals surface area contributed by atoms with Crippen LogP contribution in [-0.4, -0.2) is 13.1 Å². The molecule has 0 saturated heterocycles. The van der Waals surface area contributed by atoms with Crippen LogP contribution >= 0.6 is 11.6 Å². The Morgan fingerprint density at radius 3 is 2.87 bits per heavy atom. The van der Waals surface area contributed by atoms with Gasteiger partial charge in [0, 0.05) is 11.1 Å².